The fraction of sp³-hybridized carbons (Fsp3) is 0.222. The van der Waals surface area contributed by atoms with Gasteiger partial charge in [-0.3, -0.25) is 4.79 Å². The molecule has 0 saturated heterocycles. The highest BCUT2D eigenvalue weighted by Gasteiger charge is 2.15. The molecule has 0 radical (unpaired) electrons. The van der Waals surface area contributed by atoms with Crippen molar-refractivity contribution in [3.8, 4) is 11.5 Å². The molecule has 2 rings (SSSR count). The number of hydrogen-bond acceptors (Lipinski definition) is 4. The van der Waals surface area contributed by atoms with Gasteiger partial charge in [-0.25, -0.2) is 5.43 Å². The topological polar surface area (TPSA) is 59.9 Å². The summed E-state index contributed by atoms with van der Waals surface area (Å²) in [6.45, 7) is 4.05. The average Bonchev–Trinajstić information content (AvgIpc) is 2.59. The van der Waals surface area contributed by atoms with Gasteiger partial charge < -0.3 is 9.47 Å². The largest absolute Gasteiger partial charge is 0.493 e. The van der Waals surface area contributed by atoms with E-state index in [0.29, 0.717) is 28.2 Å². The van der Waals surface area contributed by atoms with Crippen molar-refractivity contribution in [2.75, 3.05) is 6.61 Å². The van der Waals surface area contributed by atoms with Crippen molar-refractivity contribution >= 4 is 35.3 Å². The lowest BCUT2D eigenvalue weighted by Gasteiger charge is -2.14. The van der Waals surface area contributed by atoms with E-state index < -0.39 is 12.0 Å². The molecule has 2 aromatic rings. The Bertz CT molecular complexity index is 766. The third-order valence-corrected chi connectivity index (χ3v) is 3.69. The highest BCUT2D eigenvalue weighted by molar-refractivity contribution is 6.35. The minimum absolute atomic E-state index is 0.335. The Balaban J connectivity index is 1.95. The molecule has 5 nitrogen and oxygen atoms in total. The summed E-state index contributed by atoms with van der Waals surface area (Å²) in [5.74, 6) is 0.663. The Hall–Kier alpha value is -2.24. The zero-order valence-electron chi connectivity index (χ0n) is 13.8. The van der Waals surface area contributed by atoms with Crippen molar-refractivity contribution in [1.29, 1.82) is 0 Å². The van der Waals surface area contributed by atoms with E-state index in [4.69, 9.17) is 32.7 Å². The van der Waals surface area contributed by atoms with E-state index in [9.17, 15) is 4.79 Å². The van der Waals surface area contributed by atoms with Crippen LogP contribution in [0.3, 0.4) is 0 Å². The molecule has 0 spiro atoms. The van der Waals surface area contributed by atoms with E-state index in [1.807, 2.05) is 31.2 Å². The molecule has 7 heteroatoms. The molecule has 1 amide bonds. The fourth-order valence-electron chi connectivity index (χ4n) is 1.95. The molecule has 1 atom stereocenters. The number of nitrogens with zero attached hydrogens (tertiary/aromatic N) is 1. The molecule has 0 aromatic heterocycles. The number of amides is 1. The van der Waals surface area contributed by atoms with E-state index in [1.165, 1.54) is 6.21 Å². The van der Waals surface area contributed by atoms with Crippen molar-refractivity contribution in [2.24, 2.45) is 5.10 Å². The van der Waals surface area contributed by atoms with Crippen LogP contribution in [0, 0.1) is 0 Å². The van der Waals surface area contributed by atoms with Crippen LogP contribution < -0.4 is 14.9 Å². The molecule has 1 N–H and O–H groups in total. The average molecular weight is 381 g/mol. The molecule has 25 heavy (non-hydrogen) atoms. The zero-order chi connectivity index (χ0) is 18.2. The number of nitrogens with one attached hydrogen (secondary N) is 1. The van der Waals surface area contributed by atoms with Gasteiger partial charge in [0.25, 0.3) is 5.91 Å². The minimum atomic E-state index is -0.780. The van der Waals surface area contributed by atoms with Crippen LogP contribution in [0.25, 0.3) is 0 Å². The van der Waals surface area contributed by atoms with E-state index in [0.717, 1.165) is 5.56 Å². The first-order chi connectivity index (χ1) is 12.0. The lowest BCUT2D eigenvalue weighted by atomic mass is 10.2. The van der Waals surface area contributed by atoms with Crippen LogP contribution in [0.1, 0.15) is 19.4 Å². The maximum Gasteiger partial charge on any atom is 0.280 e. The van der Waals surface area contributed by atoms with Gasteiger partial charge in [0.15, 0.2) is 6.10 Å². The Morgan fingerprint density at radius 2 is 2.00 bits per heavy atom. The van der Waals surface area contributed by atoms with Crippen LogP contribution in [0.5, 0.6) is 11.5 Å². The van der Waals surface area contributed by atoms with Crippen molar-refractivity contribution < 1.29 is 14.3 Å². The third kappa shape index (κ3) is 5.66. The Kier molecular flexibility index (Phi) is 7.10. The molecule has 2 aromatic carbocycles. The molecule has 0 aliphatic carbocycles. The van der Waals surface area contributed by atoms with Crippen molar-refractivity contribution in [1.82, 2.24) is 5.43 Å². The molecule has 0 aliphatic heterocycles. The highest BCUT2D eigenvalue weighted by Crippen LogP contribution is 2.28. The van der Waals surface area contributed by atoms with Gasteiger partial charge in [-0.1, -0.05) is 35.3 Å². The van der Waals surface area contributed by atoms with E-state index in [2.05, 4.69) is 10.5 Å². The van der Waals surface area contributed by atoms with Gasteiger partial charge in [-0.15, -0.1) is 0 Å². The molecule has 1 unspecified atom stereocenters. The summed E-state index contributed by atoms with van der Waals surface area (Å²) in [4.78, 5) is 12.1. The van der Waals surface area contributed by atoms with Crippen LogP contribution in [0.4, 0.5) is 0 Å². The molecule has 0 bridgehead atoms. The number of carbonyl (C=O) groups is 1. The first-order valence-corrected chi connectivity index (χ1v) is 8.43. The fourth-order valence-corrected chi connectivity index (χ4v) is 2.40. The van der Waals surface area contributed by atoms with Crippen molar-refractivity contribution in [2.45, 2.75) is 20.0 Å². The predicted molar refractivity (Wildman–Crippen MR) is 99.9 cm³/mol. The molecule has 0 heterocycles. The van der Waals surface area contributed by atoms with Crippen LogP contribution in [-0.4, -0.2) is 24.8 Å². The lowest BCUT2D eigenvalue weighted by molar-refractivity contribution is -0.127. The molecular formula is C18H18Cl2N2O3. The molecular weight excluding hydrogens is 363 g/mol. The summed E-state index contributed by atoms with van der Waals surface area (Å²) >= 11 is 11.9. The lowest BCUT2D eigenvalue weighted by Crippen LogP contribution is -2.33. The van der Waals surface area contributed by atoms with Gasteiger partial charge >= 0.3 is 0 Å². The van der Waals surface area contributed by atoms with E-state index in [1.54, 1.807) is 25.1 Å². The molecule has 0 fully saturated rings. The number of benzene rings is 2. The van der Waals surface area contributed by atoms with Gasteiger partial charge in [0.2, 0.25) is 0 Å². The molecule has 0 aliphatic rings. The standard InChI is InChI=1S/C18H18Cl2N2O3/c1-3-24-16-7-5-4-6-13(16)11-21-22-18(23)12(2)25-17-9-8-14(19)10-15(17)20/h4-12H,3H2,1-2H3,(H,22,23)/b21-11+. The first kappa shape index (κ1) is 19.1. The summed E-state index contributed by atoms with van der Waals surface area (Å²) in [6.07, 6.45) is 0.739. The van der Waals surface area contributed by atoms with Gasteiger partial charge in [0, 0.05) is 10.6 Å². The van der Waals surface area contributed by atoms with Gasteiger partial charge in [0.1, 0.15) is 11.5 Å². The van der Waals surface area contributed by atoms with E-state index in [-0.39, 0.29) is 0 Å². The molecule has 0 saturated carbocycles. The van der Waals surface area contributed by atoms with Crippen LogP contribution in [-0.2, 0) is 4.79 Å². The van der Waals surface area contributed by atoms with E-state index >= 15 is 0 Å². The second-order valence-corrected chi connectivity index (χ2v) is 5.88. The number of halogens is 2. The number of carbonyl (C=O) groups excluding carboxylic acids is 1. The second kappa shape index (κ2) is 9.30. The summed E-state index contributed by atoms with van der Waals surface area (Å²) in [5.41, 5.74) is 3.20. The zero-order valence-corrected chi connectivity index (χ0v) is 15.3. The number of hydrazone groups is 1. The number of rotatable bonds is 7. The van der Waals surface area contributed by atoms with Gasteiger partial charge in [-0.05, 0) is 44.2 Å². The number of ether oxygens (including phenoxy) is 2. The summed E-state index contributed by atoms with van der Waals surface area (Å²) in [7, 11) is 0. The summed E-state index contributed by atoms with van der Waals surface area (Å²) in [5, 5.41) is 4.77. The normalized spacial score (nSPS) is 12.0. The van der Waals surface area contributed by atoms with Crippen molar-refractivity contribution in [3.63, 3.8) is 0 Å². The monoisotopic (exact) mass is 380 g/mol. The predicted octanol–water partition coefficient (Wildman–Crippen LogP) is 4.31. The smallest absolute Gasteiger partial charge is 0.280 e. The molecule has 132 valence electrons. The Morgan fingerprint density at radius 3 is 2.72 bits per heavy atom. The maximum absolute atomic E-state index is 12.1. The first-order valence-electron chi connectivity index (χ1n) is 7.67. The Morgan fingerprint density at radius 1 is 1.24 bits per heavy atom. The number of para-hydroxylation sites is 1. The summed E-state index contributed by atoms with van der Waals surface area (Å²) < 4.78 is 11.0. The van der Waals surface area contributed by atoms with Gasteiger partial charge in [-0.2, -0.15) is 5.10 Å². The second-order valence-electron chi connectivity index (χ2n) is 5.04. The van der Waals surface area contributed by atoms with Crippen LogP contribution in [0.15, 0.2) is 47.6 Å². The number of hydrogen-bond donors (Lipinski definition) is 1. The summed E-state index contributed by atoms with van der Waals surface area (Å²) in [6, 6.07) is 12.2. The van der Waals surface area contributed by atoms with Crippen LogP contribution in [0.2, 0.25) is 10.0 Å². The van der Waals surface area contributed by atoms with Gasteiger partial charge in [0.05, 0.1) is 17.8 Å². The Labute approximate surface area is 156 Å². The van der Waals surface area contributed by atoms with Crippen LogP contribution >= 0.6 is 23.2 Å². The van der Waals surface area contributed by atoms with Crippen molar-refractivity contribution in [3.05, 3.63) is 58.1 Å². The highest BCUT2D eigenvalue weighted by atomic mass is 35.5. The minimum Gasteiger partial charge on any atom is -0.493 e. The maximum atomic E-state index is 12.1. The quantitative estimate of drug-likeness (QED) is 0.574. The third-order valence-electron chi connectivity index (χ3n) is 3.16. The SMILES string of the molecule is CCOc1ccccc1/C=N/NC(=O)C(C)Oc1ccc(Cl)cc1Cl.